The van der Waals surface area contributed by atoms with Crippen LogP contribution in [0.3, 0.4) is 0 Å². The van der Waals surface area contributed by atoms with Gasteiger partial charge in [0.1, 0.15) is 11.3 Å². The number of hydrogen-bond acceptors (Lipinski definition) is 5. The summed E-state index contributed by atoms with van der Waals surface area (Å²) < 4.78 is 10.6. The van der Waals surface area contributed by atoms with Crippen LogP contribution in [0.15, 0.2) is 75.9 Å². The number of fused-ring (bicyclic) bond motifs is 2. The van der Waals surface area contributed by atoms with Crippen molar-refractivity contribution >= 4 is 27.6 Å². The molecule has 1 aromatic heterocycles. The van der Waals surface area contributed by atoms with E-state index < -0.39 is 0 Å². The smallest absolute Gasteiger partial charge is 0.336 e. The first-order chi connectivity index (χ1) is 15.6. The SMILES string of the molecule is COc1ccc2c(CN3CCN(C(=O)c4cccc5ccccc45)CC3)cc(=O)oc2c1. The van der Waals surface area contributed by atoms with Crippen molar-refractivity contribution in [2.75, 3.05) is 33.3 Å². The van der Waals surface area contributed by atoms with Crippen LogP contribution in [0.2, 0.25) is 0 Å². The molecule has 0 radical (unpaired) electrons. The predicted molar refractivity (Wildman–Crippen MR) is 124 cm³/mol. The van der Waals surface area contributed by atoms with Gasteiger partial charge in [0, 0.05) is 55.8 Å². The number of amides is 1. The van der Waals surface area contributed by atoms with Gasteiger partial charge >= 0.3 is 5.63 Å². The average molecular weight is 428 g/mol. The van der Waals surface area contributed by atoms with Gasteiger partial charge < -0.3 is 14.1 Å². The molecule has 0 spiro atoms. The lowest BCUT2D eigenvalue weighted by atomic mass is 10.0. The van der Waals surface area contributed by atoms with Gasteiger partial charge in [0.05, 0.1) is 7.11 Å². The summed E-state index contributed by atoms with van der Waals surface area (Å²) in [5.74, 6) is 0.720. The molecule has 0 saturated carbocycles. The molecule has 1 saturated heterocycles. The summed E-state index contributed by atoms with van der Waals surface area (Å²) in [7, 11) is 1.59. The number of ether oxygens (including phenoxy) is 1. The van der Waals surface area contributed by atoms with E-state index in [1.165, 1.54) is 0 Å². The molecular weight excluding hydrogens is 404 g/mol. The second-order valence-corrected chi connectivity index (χ2v) is 8.05. The van der Waals surface area contributed by atoms with Crippen LogP contribution in [0.5, 0.6) is 5.75 Å². The van der Waals surface area contributed by atoms with Crippen LogP contribution < -0.4 is 10.4 Å². The van der Waals surface area contributed by atoms with Crippen molar-refractivity contribution in [1.82, 2.24) is 9.80 Å². The minimum absolute atomic E-state index is 0.0688. The summed E-state index contributed by atoms with van der Waals surface area (Å²) in [6, 6.07) is 20.9. The molecule has 0 bridgehead atoms. The maximum absolute atomic E-state index is 13.2. The van der Waals surface area contributed by atoms with Crippen molar-refractivity contribution in [3.05, 3.63) is 88.3 Å². The van der Waals surface area contributed by atoms with E-state index in [1.807, 2.05) is 59.5 Å². The van der Waals surface area contributed by atoms with Gasteiger partial charge in [-0.25, -0.2) is 4.79 Å². The number of carbonyl (C=O) groups excluding carboxylic acids is 1. The minimum Gasteiger partial charge on any atom is -0.497 e. The zero-order chi connectivity index (χ0) is 22.1. The highest BCUT2D eigenvalue weighted by Gasteiger charge is 2.24. The molecule has 1 amide bonds. The van der Waals surface area contributed by atoms with E-state index in [4.69, 9.17) is 9.15 Å². The van der Waals surface area contributed by atoms with Crippen LogP contribution >= 0.6 is 0 Å². The average Bonchev–Trinajstić information content (AvgIpc) is 2.83. The topological polar surface area (TPSA) is 63.0 Å². The van der Waals surface area contributed by atoms with Gasteiger partial charge in [-0.1, -0.05) is 36.4 Å². The van der Waals surface area contributed by atoms with Crippen molar-refractivity contribution in [3.63, 3.8) is 0 Å². The lowest BCUT2D eigenvalue weighted by molar-refractivity contribution is 0.0631. The highest BCUT2D eigenvalue weighted by molar-refractivity contribution is 6.07. The van der Waals surface area contributed by atoms with Gasteiger partial charge in [-0.05, 0) is 34.5 Å². The van der Waals surface area contributed by atoms with Crippen molar-refractivity contribution < 1.29 is 13.9 Å². The maximum atomic E-state index is 13.2. The van der Waals surface area contributed by atoms with Crippen LogP contribution in [0, 0.1) is 0 Å². The first-order valence-corrected chi connectivity index (χ1v) is 10.7. The van der Waals surface area contributed by atoms with E-state index in [-0.39, 0.29) is 11.5 Å². The van der Waals surface area contributed by atoms with E-state index in [9.17, 15) is 9.59 Å². The fourth-order valence-electron chi connectivity index (χ4n) is 4.40. The fourth-order valence-corrected chi connectivity index (χ4v) is 4.40. The lowest BCUT2D eigenvalue weighted by Crippen LogP contribution is -2.48. The summed E-state index contributed by atoms with van der Waals surface area (Å²) in [6.45, 7) is 3.41. The summed E-state index contributed by atoms with van der Waals surface area (Å²) in [5.41, 5.74) is 1.83. The number of hydrogen-bond donors (Lipinski definition) is 0. The summed E-state index contributed by atoms with van der Waals surface area (Å²) in [6.07, 6.45) is 0. The molecular formula is C26H24N2O4. The zero-order valence-electron chi connectivity index (χ0n) is 17.9. The first kappa shape index (κ1) is 20.3. The molecule has 5 rings (SSSR count). The Labute approximate surface area is 185 Å². The monoisotopic (exact) mass is 428 g/mol. The normalized spacial score (nSPS) is 14.7. The molecule has 1 fully saturated rings. The van der Waals surface area contributed by atoms with Crippen molar-refractivity contribution in [3.8, 4) is 5.75 Å². The molecule has 32 heavy (non-hydrogen) atoms. The maximum Gasteiger partial charge on any atom is 0.336 e. The summed E-state index contributed by atoms with van der Waals surface area (Å²) in [5, 5.41) is 2.96. The molecule has 1 aliphatic heterocycles. The van der Waals surface area contributed by atoms with E-state index in [1.54, 1.807) is 19.2 Å². The van der Waals surface area contributed by atoms with Crippen molar-refractivity contribution in [2.24, 2.45) is 0 Å². The van der Waals surface area contributed by atoms with Gasteiger partial charge in [-0.2, -0.15) is 0 Å². The Bertz CT molecular complexity index is 1350. The number of piperazine rings is 1. The number of carbonyl (C=O) groups is 1. The molecule has 4 aromatic rings. The van der Waals surface area contributed by atoms with E-state index in [0.29, 0.717) is 31.0 Å². The van der Waals surface area contributed by atoms with Crippen LogP contribution in [-0.4, -0.2) is 49.0 Å². The fraction of sp³-hybridized carbons (Fsp3) is 0.231. The Morgan fingerprint density at radius 3 is 2.53 bits per heavy atom. The number of rotatable bonds is 4. The second kappa shape index (κ2) is 8.48. The Kier molecular flexibility index (Phi) is 5.37. The van der Waals surface area contributed by atoms with E-state index in [0.717, 1.165) is 40.4 Å². The molecule has 0 N–H and O–H groups in total. The third-order valence-corrected chi connectivity index (χ3v) is 6.11. The molecule has 0 atom stereocenters. The zero-order valence-corrected chi connectivity index (χ0v) is 17.9. The molecule has 6 nitrogen and oxygen atoms in total. The van der Waals surface area contributed by atoms with Crippen LogP contribution in [0.4, 0.5) is 0 Å². The molecule has 6 heteroatoms. The van der Waals surface area contributed by atoms with E-state index in [2.05, 4.69) is 4.90 Å². The Morgan fingerprint density at radius 2 is 1.72 bits per heavy atom. The van der Waals surface area contributed by atoms with Crippen LogP contribution in [0.25, 0.3) is 21.7 Å². The minimum atomic E-state index is -0.370. The second-order valence-electron chi connectivity index (χ2n) is 8.05. The number of benzene rings is 3. The molecule has 1 aliphatic rings. The first-order valence-electron chi connectivity index (χ1n) is 10.7. The standard InChI is InChI=1S/C26H24N2O4/c1-31-20-9-10-22-19(15-25(29)32-24(22)16-20)17-27-11-13-28(14-12-27)26(30)23-8-4-6-18-5-2-3-7-21(18)23/h2-10,15-16H,11-14,17H2,1H3. The highest BCUT2D eigenvalue weighted by Crippen LogP contribution is 2.24. The summed E-state index contributed by atoms with van der Waals surface area (Å²) in [4.78, 5) is 29.5. The largest absolute Gasteiger partial charge is 0.497 e. The quantitative estimate of drug-likeness (QED) is 0.461. The molecule has 0 aliphatic carbocycles. The van der Waals surface area contributed by atoms with E-state index >= 15 is 0 Å². The Balaban J connectivity index is 1.31. The summed E-state index contributed by atoms with van der Waals surface area (Å²) >= 11 is 0. The highest BCUT2D eigenvalue weighted by atomic mass is 16.5. The van der Waals surface area contributed by atoms with Gasteiger partial charge in [0.15, 0.2) is 0 Å². The van der Waals surface area contributed by atoms with Crippen LogP contribution in [-0.2, 0) is 6.54 Å². The Hall–Kier alpha value is -3.64. The van der Waals surface area contributed by atoms with Crippen molar-refractivity contribution in [1.29, 1.82) is 0 Å². The van der Waals surface area contributed by atoms with Gasteiger partial charge in [0.25, 0.3) is 5.91 Å². The lowest BCUT2D eigenvalue weighted by Gasteiger charge is -2.35. The van der Waals surface area contributed by atoms with Crippen molar-refractivity contribution in [2.45, 2.75) is 6.54 Å². The van der Waals surface area contributed by atoms with Crippen LogP contribution in [0.1, 0.15) is 15.9 Å². The Morgan fingerprint density at radius 1 is 0.938 bits per heavy atom. The molecule has 3 aromatic carbocycles. The molecule has 2 heterocycles. The van der Waals surface area contributed by atoms with Gasteiger partial charge in [0.2, 0.25) is 0 Å². The third-order valence-electron chi connectivity index (χ3n) is 6.11. The molecule has 0 unspecified atom stereocenters. The van der Waals surface area contributed by atoms with Gasteiger partial charge in [-0.15, -0.1) is 0 Å². The number of methoxy groups -OCH3 is 1. The molecule has 162 valence electrons. The third kappa shape index (κ3) is 3.85. The number of nitrogens with zero attached hydrogens (tertiary/aromatic N) is 2. The van der Waals surface area contributed by atoms with Gasteiger partial charge in [-0.3, -0.25) is 9.69 Å². The predicted octanol–water partition coefficient (Wildman–Crippen LogP) is 3.91.